The van der Waals surface area contributed by atoms with Crippen molar-refractivity contribution >= 4 is 23.3 Å². The summed E-state index contributed by atoms with van der Waals surface area (Å²) in [5, 5.41) is 5.82. The molecule has 2 aromatic carbocycles. The molecule has 0 radical (unpaired) electrons. The predicted molar refractivity (Wildman–Crippen MR) is 106 cm³/mol. The Bertz CT molecular complexity index is 842. The highest BCUT2D eigenvalue weighted by Crippen LogP contribution is 2.20. The number of amides is 3. The third-order valence-electron chi connectivity index (χ3n) is 5.07. The monoisotopic (exact) mass is 382 g/mol. The second kappa shape index (κ2) is 7.88. The average Bonchev–Trinajstić information content (AvgIpc) is 3.53. The van der Waals surface area contributed by atoms with Crippen LogP contribution < -0.4 is 15.5 Å². The first-order valence-electron chi connectivity index (χ1n) is 9.56. The summed E-state index contributed by atoms with van der Waals surface area (Å²) < 4.78 is 13.1. The highest BCUT2D eigenvalue weighted by Gasteiger charge is 2.24. The molecule has 2 N–H and O–H groups in total. The minimum Gasteiger partial charge on any atom is -0.368 e. The molecular formula is C21H23FN4O2. The van der Waals surface area contributed by atoms with Crippen molar-refractivity contribution in [1.82, 2.24) is 10.2 Å². The molecule has 7 heteroatoms. The Hall–Kier alpha value is -3.09. The highest BCUT2D eigenvalue weighted by molar-refractivity contribution is 5.95. The van der Waals surface area contributed by atoms with Gasteiger partial charge in [0.2, 0.25) is 0 Å². The van der Waals surface area contributed by atoms with E-state index in [9.17, 15) is 14.0 Å². The Labute approximate surface area is 163 Å². The molecule has 0 aromatic heterocycles. The van der Waals surface area contributed by atoms with E-state index in [0.717, 1.165) is 18.5 Å². The molecule has 146 valence electrons. The Balaban J connectivity index is 1.28. The van der Waals surface area contributed by atoms with E-state index in [1.54, 1.807) is 41.3 Å². The Kier molecular flexibility index (Phi) is 5.14. The minimum absolute atomic E-state index is 0.0720. The van der Waals surface area contributed by atoms with Crippen LogP contribution in [0.2, 0.25) is 0 Å². The molecular weight excluding hydrogens is 359 g/mol. The van der Waals surface area contributed by atoms with Crippen LogP contribution in [-0.4, -0.2) is 49.1 Å². The van der Waals surface area contributed by atoms with Gasteiger partial charge in [0.05, 0.1) is 0 Å². The lowest BCUT2D eigenvalue weighted by Crippen LogP contribution is -2.50. The van der Waals surface area contributed by atoms with Crippen molar-refractivity contribution < 1.29 is 14.0 Å². The molecule has 1 aliphatic carbocycles. The maximum Gasteiger partial charge on any atom is 0.321 e. The van der Waals surface area contributed by atoms with Gasteiger partial charge in [-0.15, -0.1) is 0 Å². The first-order chi connectivity index (χ1) is 13.6. The number of hydrogen-bond donors (Lipinski definition) is 2. The van der Waals surface area contributed by atoms with Gasteiger partial charge in [0.25, 0.3) is 5.91 Å². The maximum absolute atomic E-state index is 13.1. The molecule has 0 spiro atoms. The first kappa shape index (κ1) is 18.3. The maximum atomic E-state index is 13.1. The molecule has 0 bridgehead atoms. The SMILES string of the molecule is O=C(NC1CC1)c1ccc(NC(=O)N2CCN(c3ccc(F)cc3)CC2)cc1. The molecule has 2 aromatic rings. The molecule has 3 amide bonds. The van der Waals surface area contributed by atoms with E-state index in [2.05, 4.69) is 15.5 Å². The van der Waals surface area contributed by atoms with Crippen molar-refractivity contribution in [1.29, 1.82) is 0 Å². The summed E-state index contributed by atoms with van der Waals surface area (Å²) in [7, 11) is 0. The second-order valence-electron chi connectivity index (χ2n) is 7.21. The zero-order chi connectivity index (χ0) is 19.5. The van der Waals surface area contributed by atoms with E-state index in [4.69, 9.17) is 0 Å². The number of carbonyl (C=O) groups excluding carboxylic acids is 2. The van der Waals surface area contributed by atoms with Crippen molar-refractivity contribution in [2.24, 2.45) is 0 Å². The molecule has 2 fully saturated rings. The third kappa shape index (κ3) is 4.42. The van der Waals surface area contributed by atoms with Crippen molar-refractivity contribution in [3.05, 3.63) is 59.9 Å². The lowest BCUT2D eigenvalue weighted by Gasteiger charge is -2.36. The lowest BCUT2D eigenvalue weighted by atomic mass is 10.2. The Morgan fingerprint density at radius 1 is 0.893 bits per heavy atom. The van der Waals surface area contributed by atoms with Crippen LogP contribution in [0.1, 0.15) is 23.2 Å². The minimum atomic E-state index is -0.252. The lowest BCUT2D eigenvalue weighted by molar-refractivity contribution is 0.0951. The number of nitrogens with zero attached hydrogens (tertiary/aromatic N) is 2. The summed E-state index contributed by atoms with van der Waals surface area (Å²) >= 11 is 0. The summed E-state index contributed by atoms with van der Waals surface area (Å²) in [6, 6.07) is 13.5. The zero-order valence-corrected chi connectivity index (χ0v) is 15.5. The normalized spacial score (nSPS) is 16.6. The van der Waals surface area contributed by atoms with Gasteiger partial charge in [0.15, 0.2) is 0 Å². The van der Waals surface area contributed by atoms with Crippen LogP contribution in [0.5, 0.6) is 0 Å². The molecule has 4 rings (SSSR count). The number of nitrogens with one attached hydrogen (secondary N) is 2. The van der Waals surface area contributed by atoms with Gasteiger partial charge in [-0.05, 0) is 61.4 Å². The number of hydrogen-bond acceptors (Lipinski definition) is 3. The summed E-state index contributed by atoms with van der Waals surface area (Å²) in [5.74, 6) is -0.324. The van der Waals surface area contributed by atoms with E-state index in [-0.39, 0.29) is 17.8 Å². The van der Waals surface area contributed by atoms with Gasteiger partial charge in [-0.1, -0.05) is 0 Å². The van der Waals surface area contributed by atoms with E-state index in [0.29, 0.717) is 43.5 Å². The van der Waals surface area contributed by atoms with Gasteiger partial charge < -0.3 is 20.4 Å². The van der Waals surface area contributed by atoms with Crippen molar-refractivity contribution in [3.8, 4) is 0 Å². The van der Waals surface area contributed by atoms with Crippen molar-refractivity contribution in [2.75, 3.05) is 36.4 Å². The third-order valence-corrected chi connectivity index (χ3v) is 5.07. The van der Waals surface area contributed by atoms with Crippen LogP contribution in [0, 0.1) is 5.82 Å². The topological polar surface area (TPSA) is 64.7 Å². The van der Waals surface area contributed by atoms with Gasteiger partial charge in [0.1, 0.15) is 5.82 Å². The van der Waals surface area contributed by atoms with Gasteiger partial charge in [0, 0.05) is 49.2 Å². The summed E-state index contributed by atoms with van der Waals surface area (Å²) in [6.07, 6.45) is 2.10. The number of urea groups is 1. The average molecular weight is 382 g/mol. The molecule has 28 heavy (non-hydrogen) atoms. The molecule has 0 unspecified atom stereocenters. The van der Waals surface area contributed by atoms with Crippen LogP contribution in [0.25, 0.3) is 0 Å². The predicted octanol–water partition coefficient (Wildman–Crippen LogP) is 3.07. The number of benzene rings is 2. The molecule has 1 heterocycles. The Morgan fingerprint density at radius 3 is 2.14 bits per heavy atom. The van der Waals surface area contributed by atoms with Crippen LogP contribution in [-0.2, 0) is 0 Å². The zero-order valence-electron chi connectivity index (χ0n) is 15.5. The van der Waals surface area contributed by atoms with Crippen LogP contribution in [0.15, 0.2) is 48.5 Å². The summed E-state index contributed by atoms with van der Waals surface area (Å²) in [4.78, 5) is 28.4. The second-order valence-corrected chi connectivity index (χ2v) is 7.21. The number of carbonyl (C=O) groups is 2. The van der Waals surface area contributed by atoms with Gasteiger partial charge >= 0.3 is 6.03 Å². The van der Waals surface area contributed by atoms with Gasteiger partial charge in [-0.2, -0.15) is 0 Å². The fourth-order valence-corrected chi connectivity index (χ4v) is 3.22. The van der Waals surface area contributed by atoms with E-state index < -0.39 is 0 Å². The van der Waals surface area contributed by atoms with Gasteiger partial charge in [-0.25, -0.2) is 9.18 Å². The van der Waals surface area contributed by atoms with Crippen LogP contribution in [0.4, 0.5) is 20.6 Å². The Morgan fingerprint density at radius 2 is 1.54 bits per heavy atom. The van der Waals surface area contributed by atoms with E-state index >= 15 is 0 Å². The number of rotatable bonds is 4. The van der Waals surface area contributed by atoms with Crippen LogP contribution >= 0.6 is 0 Å². The molecule has 1 saturated heterocycles. The van der Waals surface area contributed by atoms with Crippen molar-refractivity contribution in [2.45, 2.75) is 18.9 Å². The molecule has 0 atom stereocenters. The van der Waals surface area contributed by atoms with E-state index in [1.165, 1.54) is 12.1 Å². The fourth-order valence-electron chi connectivity index (χ4n) is 3.22. The van der Waals surface area contributed by atoms with Gasteiger partial charge in [-0.3, -0.25) is 4.79 Å². The standard InChI is InChI=1S/C21H23FN4O2/c22-16-3-9-19(10-4-16)25-11-13-26(14-12-25)21(28)24-18-5-1-15(2-6-18)20(27)23-17-7-8-17/h1-6,9-10,17H,7-8,11-14H2,(H,23,27)(H,24,28). The molecule has 1 saturated carbocycles. The smallest absolute Gasteiger partial charge is 0.321 e. The fraction of sp³-hybridized carbons (Fsp3) is 0.333. The largest absolute Gasteiger partial charge is 0.368 e. The summed E-state index contributed by atoms with van der Waals surface area (Å²) in [6.45, 7) is 2.56. The van der Waals surface area contributed by atoms with Crippen LogP contribution in [0.3, 0.4) is 0 Å². The van der Waals surface area contributed by atoms with E-state index in [1.807, 2.05) is 0 Å². The number of piperazine rings is 1. The first-order valence-corrected chi connectivity index (χ1v) is 9.56. The quantitative estimate of drug-likeness (QED) is 0.854. The summed E-state index contributed by atoms with van der Waals surface area (Å²) in [5.41, 5.74) is 2.22. The molecule has 1 aliphatic heterocycles. The number of anilines is 2. The number of halogens is 1. The molecule has 6 nitrogen and oxygen atoms in total. The molecule has 2 aliphatic rings. The highest BCUT2D eigenvalue weighted by atomic mass is 19.1. The van der Waals surface area contributed by atoms with Crippen molar-refractivity contribution in [3.63, 3.8) is 0 Å².